The largest absolute Gasteiger partial charge is 0.465 e. The van der Waals surface area contributed by atoms with Crippen LogP contribution in [0.4, 0.5) is 4.79 Å². The molecule has 0 bridgehead atoms. The number of nitrogens with zero attached hydrogens (tertiary/aromatic N) is 2. The summed E-state index contributed by atoms with van der Waals surface area (Å²) in [7, 11) is 0. The molecule has 3 N–H and O–H groups in total. The van der Waals surface area contributed by atoms with Gasteiger partial charge in [-0.05, 0) is 50.8 Å². The van der Waals surface area contributed by atoms with E-state index >= 15 is 0 Å². The Morgan fingerprint density at radius 3 is 2.12 bits per heavy atom. The van der Waals surface area contributed by atoms with E-state index in [-0.39, 0.29) is 24.9 Å². The smallest absolute Gasteiger partial charge is 0.408 e. The van der Waals surface area contributed by atoms with Crippen LogP contribution in [0.15, 0.2) is 28.7 Å². The van der Waals surface area contributed by atoms with Gasteiger partial charge in [0.15, 0.2) is 0 Å². The highest BCUT2D eigenvalue weighted by Gasteiger charge is 2.49. The Balaban J connectivity index is 2.33. The Morgan fingerprint density at radius 1 is 1.12 bits per heavy atom. The van der Waals surface area contributed by atoms with Crippen molar-refractivity contribution in [3.63, 3.8) is 0 Å². The number of benzene rings is 1. The van der Waals surface area contributed by atoms with E-state index in [1.807, 2.05) is 31.2 Å². The fourth-order valence-electron chi connectivity index (χ4n) is 4.26. The predicted molar refractivity (Wildman–Crippen MR) is 130 cm³/mol. The maximum atomic E-state index is 13.8. The molecule has 184 valence electrons. The summed E-state index contributed by atoms with van der Waals surface area (Å²) in [6.07, 6.45) is -1.97. The molecule has 1 aliphatic rings. The van der Waals surface area contributed by atoms with E-state index in [9.17, 15) is 24.6 Å². The molecule has 0 spiro atoms. The first kappa shape index (κ1) is 27.1. The van der Waals surface area contributed by atoms with Gasteiger partial charge in [0, 0.05) is 23.0 Å². The van der Waals surface area contributed by atoms with E-state index < -0.39 is 41.1 Å². The molecule has 1 fully saturated rings. The van der Waals surface area contributed by atoms with E-state index in [1.165, 1.54) is 4.90 Å². The van der Waals surface area contributed by atoms with E-state index in [0.717, 1.165) is 14.9 Å². The number of hydrogen-bond acceptors (Lipinski definition) is 4. The predicted octanol–water partition coefficient (Wildman–Crippen LogP) is 3.78. The van der Waals surface area contributed by atoms with Crippen molar-refractivity contribution < 1.29 is 24.6 Å². The molecule has 1 aliphatic heterocycles. The van der Waals surface area contributed by atoms with Crippen LogP contribution in [-0.2, 0) is 9.59 Å². The van der Waals surface area contributed by atoms with Crippen LogP contribution in [0.3, 0.4) is 0 Å². The van der Waals surface area contributed by atoms with Crippen molar-refractivity contribution in [2.24, 2.45) is 5.41 Å². The van der Waals surface area contributed by atoms with E-state index in [4.69, 9.17) is 0 Å². The molecule has 33 heavy (non-hydrogen) atoms. The average Bonchev–Trinajstić information content (AvgIpc) is 3.05. The molecule has 9 heteroatoms. The molecule has 1 heterocycles. The summed E-state index contributed by atoms with van der Waals surface area (Å²) in [6.45, 7) is 12.4. The minimum absolute atomic E-state index is 0.0201. The molecule has 1 saturated heterocycles. The molecule has 0 aromatic heterocycles. The number of amides is 3. The SMILES string of the molecule is C[C@H](NC(=O)[C@@H]1C[C@@H](O)CN1C(=O)[C@@H](N(C(=O)O)C(C)(C)C)C(C)(C)C)c1ccc(Br)cc1. The van der Waals surface area contributed by atoms with Crippen molar-refractivity contribution in [1.82, 2.24) is 15.1 Å². The van der Waals surface area contributed by atoms with Crippen LogP contribution in [0.2, 0.25) is 0 Å². The lowest BCUT2D eigenvalue weighted by atomic mass is 9.82. The van der Waals surface area contributed by atoms with Crippen LogP contribution in [0, 0.1) is 5.41 Å². The number of carbonyl (C=O) groups is 3. The third-order valence-corrected chi connectivity index (χ3v) is 6.36. The van der Waals surface area contributed by atoms with Crippen LogP contribution < -0.4 is 5.32 Å². The summed E-state index contributed by atoms with van der Waals surface area (Å²) in [4.78, 5) is 41.6. The molecular weight excluding hydrogens is 490 g/mol. The highest BCUT2D eigenvalue weighted by molar-refractivity contribution is 9.10. The fourth-order valence-corrected chi connectivity index (χ4v) is 4.52. The number of aliphatic hydroxyl groups excluding tert-OH is 1. The number of β-amino-alcohol motifs (C(OH)–C–C–N with tert-alkyl or cyclic N) is 1. The van der Waals surface area contributed by atoms with Gasteiger partial charge in [-0.25, -0.2) is 4.79 Å². The standard InChI is InChI=1S/C24H36BrN3O5/c1-14(15-8-10-16(25)11-9-15)26-20(30)18-12-17(29)13-27(18)21(31)19(23(2,3)4)28(22(32)33)24(5,6)7/h8-11,14,17-19,29H,12-13H2,1-7H3,(H,26,30)(H,32,33)/t14-,17+,18-,19+/m0/s1. The minimum atomic E-state index is -1.21. The first-order valence-electron chi connectivity index (χ1n) is 11.1. The van der Waals surface area contributed by atoms with Crippen LogP contribution in [0.25, 0.3) is 0 Å². The van der Waals surface area contributed by atoms with Gasteiger partial charge in [0.05, 0.1) is 12.1 Å². The van der Waals surface area contributed by atoms with Gasteiger partial charge in [0.1, 0.15) is 12.1 Å². The van der Waals surface area contributed by atoms with Crippen molar-refractivity contribution in [3.8, 4) is 0 Å². The fraction of sp³-hybridized carbons (Fsp3) is 0.625. The van der Waals surface area contributed by atoms with Crippen LogP contribution >= 0.6 is 15.9 Å². The normalized spacial score (nSPS) is 20.8. The molecule has 4 atom stereocenters. The van der Waals surface area contributed by atoms with Crippen molar-refractivity contribution in [2.75, 3.05) is 6.54 Å². The van der Waals surface area contributed by atoms with Gasteiger partial charge in [0.2, 0.25) is 11.8 Å². The molecule has 0 radical (unpaired) electrons. The van der Waals surface area contributed by atoms with Crippen molar-refractivity contribution in [1.29, 1.82) is 0 Å². The number of nitrogens with one attached hydrogen (secondary N) is 1. The number of hydrogen-bond donors (Lipinski definition) is 3. The lowest BCUT2D eigenvalue weighted by Crippen LogP contribution is -2.63. The summed E-state index contributed by atoms with van der Waals surface area (Å²) < 4.78 is 0.926. The third-order valence-electron chi connectivity index (χ3n) is 5.83. The highest BCUT2D eigenvalue weighted by atomic mass is 79.9. The molecule has 0 unspecified atom stereocenters. The zero-order valence-electron chi connectivity index (χ0n) is 20.4. The molecule has 0 aliphatic carbocycles. The van der Waals surface area contributed by atoms with Gasteiger partial charge in [-0.1, -0.05) is 48.8 Å². The molecule has 1 aromatic carbocycles. The zero-order valence-corrected chi connectivity index (χ0v) is 22.0. The van der Waals surface area contributed by atoms with Gasteiger partial charge >= 0.3 is 6.09 Å². The third kappa shape index (κ3) is 6.47. The Bertz CT molecular complexity index is 876. The van der Waals surface area contributed by atoms with Gasteiger partial charge < -0.3 is 20.4 Å². The van der Waals surface area contributed by atoms with Crippen molar-refractivity contribution in [2.45, 2.75) is 84.7 Å². The number of likely N-dealkylation sites (tertiary alicyclic amines) is 1. The quantitative estimate of drug-likeness (QED) is 0.541. The Labute approximate surface area is 204 Å². The monoisotopic (exact) mass is 525 g/mol. The molecular formula is C24H36BrN3O5. The van der Waals surface area contributed by atoms with Crippen molar-refractivity contribution >= 4 is 33.8 Å². The Kier molecular flexibility index (Phi) is 8.23. The summed E-state index contributed by atoms with van der Waals surface area (Å²) in [5.74, 6) is -0.853. The van der Waals surface area contributed by atoms with Gasteiger partial charge in [-0.15, -0.1) is 0 Å². The van der Waals surface area contributed by atoms with E-state index in [2.05, 4.69) is 21.2 Å². The summed E-state index contributed by atoms with van der Waals surface area (Å²) in [5, 5.41) is 23.2. The summed E-state index contributed by atoms with van der Waals surface area (Å²) >= 11 is 3.39. The molecule has 3 amide bonds. The number of carboxylic acid groups (broad SMARTS) is 1. The zero-order chi connectivity index (χ0) is 25.3. The molecule has 1 aromatic rings. The average molecular weight is 526 g/mol. The Morgan fingerprint density at radius 2 is 1.67 bits per heavy atom. The van der Waals surface area contributed by atoms with E-state index in [0.29, 0.717) is 0 Å². The molecule has 8 nitrogen and oxygen atoms in total. The van der Waals surface area contributed by atoms with Gasteiger partial charge in [-0.3, -0.25) is 14.5 Å². The van der Waals surface area contributed by atoms with Gasteiger partial charge in [0.25, 0.3) is 0 Å². The number of aliphatic hydroxyl groups is 1. The van der Waals surface area contributed by atoms with Crippen LogP contribution in [-0.4, -0.2) is 68.2 Å². The van der Waals surface area contributed by atoms with Crippen LogP contribution in [0.1, 0.15) is 66.5 Å². The first-order chi connectivity index (χ1) is 15.0. The summed E-state index contributed by atoms with van der Waals surface area (Å²) in [6, 6.07) is 5.34. The van der Waals surface area contributed by atoms with Crippen molar-refractivity contribution in [3.05, 3.63) is 34.3 Å². The first-order valence-corrected chi connectivity index (χ1v) is 11.9. The topological polar surface area (TPSA) is 110 Å². The Hall–Kier alpha value is -2.13. The second-order valence-electron chi connectivity index (χ2n) is 10.8. The van der Waals surface area contributed by atoms with Gasteiger partial charge in [-0.2, -0.15) is 0 Å². The molecule has 2 rings (SSSR count). The maximum absolute atomic E-state index is 13.8. The lowest BCUT2D eigenvalue weighted by Gasteiger charge is -2.46. The number of carbonyl (C=O) groups excluding carboxylic acids is 2. The summed E-state index contributed by atoms with van der Waals surface area (Å²) in [5.41, 5.74) is -0.673. The van der Waals surface area contributed by atoms with Crippen LogP contribution in [0.5, 0.6) is 0 Å². The number of halogens is 1. The minimum Gasteiger partial charge on any atom is -0.465 e. The second-order valence-corrected chi connectivity index (χ2v) is 11.7. The second kappa shape index (κ2) is 10.0. The highest BCUT2D eigenvalue weighted by Crippen LogP contribution is 2.33. The lowest BCUT2D eigenvalue weighted by molar-refractivity contribution is -0.147. The molecule has 0 saturated carbocycles. The maximum Gasteiger partial charge on any atom is 0.408 e. The van der Waals surface area contributed by atoms with E-state index in [1.54, 1.807) is 41.5 Å². The number of rotatable bonds is 5.